The lowest BCUT2D eigenvalue weighted by molar-refractivity contribution is 0.414. The minimum Gasteiger partial charge on any atom is -0.497 e. The maximum absolute atomic E-state index is 5.27. The van der Waals surface area contributed by atoms with Crippen molar-refractivity contribution in [3.63, 3.8) is 0 Å². The number of benzene rings is 2. The number of aryl methyl sites for hydroxylation is 1. The van der Waals surface area contributed by atoms with Crippen LogP contribution in [0.3, 0.4) is 0 Å². The van der Waals surface area contributed by atoms with Gasteiger partial charge in [0.15, 0.2) is 0 Å². The van der Waals surface area contributed by atoms with E-state index in [1.807, 2.05) is 18.2 Å². The first-order valence-electron chi connectivity index (χ1n) is 6.85. The van der Waals surface area contributed by atoms with Gasteiger partial charge in [-0.25, -0.2) is 0 Å². The first-order valence-corrected chi connectivity index (χ1v) is 7.65. The summed E-state index contributed by atoms with van der Waals surface area (Å²) in [6.07, 6.45) is 0. The van der Waals surface area contributed by atoms with Crippen LogP contribution in [0.25, 0.3) is 0 Å². The van der Waals surface area contributed by atoms with Gasteiger partial charge < -0.3 is 15.0 Å². The highest BCUT2D eigenvalue weighted by Crippen LogP contribution is 2.25. The van der Waals surface area contributed by atoms with E-state index in [-0.39, 0.29) is 0 Å². The molecule has 1 N–H and O–H groups in total. The first kappa shape index (κ1) is 15.7. The van der Waals surface area contributed by atoms with Gasteiger partial charge in [0.1, 0.15) is 5.75 Å². The number of nitrogens with one attached hydrogen (secondary N) is 1. The molecule has 0 aliphatic carbocycles. The minimum absolute atomic E-state index is 0.750. The monoisotopic (exact) mass is 348 g/mol. The molecule has 0 fully saturated rings. The van der Waals surface area contributed by atoms with E-state index < -0.39 is 0 Å². The lowest BCUT2D eigenvalue weighted by Gasteiger charge is -2.16. The van der Waals surface area contributed by atoms with Crippen LogP contribution in [0.4, 0.5) is 11.4 Å². The molecular formula is C17H21BrN2O. The van der Waals surface area contributed by atoms with E-state index >= 15 is 0 Å². The normalized spacial score (nSPS) is 10.3. The van der Waals surface area contributed by atoms with Crippen molar-refractivity contribution in [2.75, 3.05) is 31.4 Å². The van der Waals surface area contributed by atoms with E-state index in [0.717, 1.165) is 22.5 Å². The Morgan fingerprint density at radius 1 is 1.14 bits per heavy atom. The predicted molar refractivity (Wildman–Crippen MR) is 93.5 cm³/mol. The van der Waals surface area contributed by atoms with E-state index in [1.165, 1.54) is 16.8 Å². The zero-order valence-electron chi connectivity index (χ0n) is 12.9. The molecule has 4 heteroatoms. The van der Waals surface area contributed by atoms with Gasteiger partial charge in [0, 0.05) is 36.5 Å². The second kappa shape index (κ2) is 6.85. The van der Waals surface area contributed by atoms with E-state index in [1.54, 1.807) is 7.11 Å². The van der Waals surface area contributed by atoms with Crippen LogP contribution in [0.2, 0.25) is 0 Å². The third-order valence-corrected chi connectivity index (χ3v) is 4.22. The number of anilines is 2. The van der Waals surface area contributed by atoms with Crippen molar-refractivity contribution in [1.29, 1.82) is 0 Å². The fourth-order valence-corrected chi connectivity index (χ4v) is 2.52. The molecule has 0 atom stereocenters. The van der Waals surface area contributed by atoms with Gasteiger partial charge in [0.25, 0.3) is 0 Å². The van der Waals surface area contributed by atoms with Crippen LogP contribution < -0.4 is 15.0 Å². The summed E-state index contributed by atoms with van der Waals surface area (Å²) >= 11 is 3.58. The van der Waals surface area contributed by atoms with Crippen LogP contribution >= 0.6 is 15.9 Å². The van der Waals surface area contributed by atoms with Gasteiger partial charge in [-0.3, -0.25) is 0 Å². The first-order chi connectivity index (χ1) is 10.0. The highest BCUT2D eigenvalue weighted by molar-refractivity contribution is 9.10. The summed E-state index contributed by atoms with van der Waals surface area (Å²) < 4.78 is 6.36. The molecule has 0 unspecified atom stereocenters. The third-order valence-electron chi connectivity index (χ3n) is 3.45. The standard InChI is InChI=1S/C17H21BrN2O/c1-12-9-14(20(2)3)5-8-17(12)19-11-13-10-15(21-4)6-7-16(13)18/h5-10,19H,11H2,1-4H3. The zero-order valence-corrected chi connectivity index (χ0v) is 14.5. The van der Waals surface area contributed by atoms with Crippen molar-refractivity contribution in [3.05, 3.63) is 52.0 Å². The molecule has 0 radical (unpaired) electrons. The summed E-state index contributed by atoms with van der Waals surface area (Å²) in [6, 6.07) is 12.4. The molecule has 2 aromatic carbocycles. The minimum atomic E-state index is 0.750. The van der Waals surface area contributed by atoms with Gasteiger partial charge in [0.2, 0.25) is 0 Å². The SMILES string of the molecule is COc1ccc(Br)c(CNc2ccc(N(C)C)cc2C)c1. The number of hydrogen-bond acceptors (Lipinski definition) is 3. The lowest BCUT2D eigenvalue weighted by atomic mass is 10.1. The molecular weight excluding hydrogens is 328 g/mol. The number of hydrogen-bond donors (Lipinski definition) is 1. The highest BCUT2D eigenvalue weighted by Gasteiger charge is 2.05. The molecule has 0 heterocycles. The smallest absolute Gasteiger partial charge is 0.119 e. The Hall–Kier alpha value is -1.68. The summed E-state index contributed by atoms with van der Waals surface area (Å²) in [4.78, 5) is 2.11. The fourth-order valence-electron chi connectivity index (χ4n) is 2.13. The van der Waals surface area contributed by atoms with Gasteiger partial charge in [-0.2, -0.15) is 0 Å². The Bertz CT molecular complexity index is 626. The number of nitrogens with zero attached hydrogens (tertiary/aromatic N) is 1. The Balaban J connectivity index is 2.13. The van der Waals surface area contributed by atoms with E-state index in [2.05, 4.69) is 65.4 Å². The summed E-state index contributed by atoms with van der Waals surface area (Å²) in [5.74, 6) is 0.870. The summed E-state index contributed by atoms with van der Waals surface area (Å²) in [5, 5.41) is 3.48. The van der Waals surface area contributed by atoms with Crippen molar-refractivity contribution in [2.45, 2.75) is 13.5 Å². The van der Waals surface area contributed by atoms with Crippen LogP contribution in [-0.2, 0) is 6.54 Å². The predicted octanol–water partition coefficient (Wildman–Crippen LogP) is 4.44. The number of ether oxygens (including phenoxy) is 1. The largest absolute Gasteiger partial charge is 0.497 e. The molecule has 3 nitrogen and oxygen atoms in total. The van der Waals surface area contributed by atoms with E-state index in [9.17, 15) is 0 Å². The number of methoxy groups -OCH3 is 1. The molecule has 21 heavy (non-hydrogen) atoms. The van der Waals surface area contributed by atoms with Crippen LogP contribution in [0.5, 0.6) is 5.75 Å². The molecule has 0 amide bonds. The maximum Gasteiger partial charge on any atom is 0.119 e. The lowest BCUT2D eigenvalue weighted by Crippen LogP contribution is -2.09. The number of rotatable bonds is 5. The van der Waals surface area contributed by atoms with Crippen molar-refractivity contribution in [3.8, 4) is 5.75 Å². The Morgan fingerprint density at radius 2 is 1.90 bits per heavy atom. The van der Waals surface area contributed by atoms with Gasteiger partial charge in [0.05, 0.1) is 7.11 Å². The molecule has 0 bridgehead atoms. The van der Waals surface area contributed by atoms with Crippen LogP contribution in [-0.4, -0.2) is 21.2 Å². The Labute approximate surface area is 135 Å². The van der Waals surface area contributed by atoms with Crippen molar-refractivity contribution in [1.82, 2.24) is 0 Å². The summed E-state index contributed by atoms with van der Waals surface area (Å²) in [6.45, 7) is 2.87. The van der Waals surface area contributed by atoms with Crippen LogP contribution in [0.15, 0.2) is 40.9 Å². The van der Waals surface area contributed by atoms with E-state index in [4.69, 9.17) is 4.74 Å². The maximum atomic E-state index is 5.27. The van der Waals surface area contributed by atoms with Crippen LogP contribution in [0, 0.1) is 6.92 Å². The van der Waals surface area contributed by atoms with Gasteiger partial charge >= 0.3 is 0 Å². The quantitative estimate of drug-likeness (QED) is 0.863. The Kier molecular flexibility index (Phi) is 5.12. The van der Waals surface area contributed by atoms with Gasteiger partial charge in [-0.05, 0) is 54.4 Å². The average molecular weight is 349 g/mol. The average Bonchev–Trinajstić information content (AvgIpc) is 2.47. The molecule has 2 aromatic rings. The molecule has 0 aromatic heterocycles. The zero-order chi connectivity index (χ0) is 15.4. The molecule has 0 saturated heterocycles. The highest BCUT2D eigenvalue weighted by atomic mass is 79.9. The molecule has 0 aliphatic rings. The second-order valence-corrected chi connectivity index (χ2v) is 6.06. The van der Waals surface area contributed by atoms with Crippen molar-refractivity contribution < 1.29 is 4.74 Å². The summed E-state index contributed by atoms with van der Waals surface area (Å²) in [7, 11) is 5.79. The second-order valence-electron chi connectivity index (χ2n) is 5.20. The van der Waals surface area contributed by atoms with Crippen molar-refractivity contribution in [2.24, 2.45) is 0 Å². The molecule has 0 spiro atoms. The molecule has 2 rings (SSSR count). The number of halogens is 1. The fraction of sp³-hybridized carbons (Fsp3) is 0.294. The van der Waals surface area contributed by atoms with Gasteiger partial charge in [-0.1, -0.05) is 15.9 Å². The van der Waals surface area contributed by atoms with Crippen LogP contribution in [0.1, 0.15) is 11.1 Å². The summed E-state index contributed by atoms with van der Waals surface area (Å²) in [5.41, 5.74) is 4.77. The molecule has 0 aliphatic heterocycles. The van der Waals surface area contributed by atoms with Gasteiger partial charge in [-0.15, -0.1) is 0 Å². The third kappa shape index (κ3) is 3.91. The van der Waals surface area contributed by atoms with E-state index in [0.29, 0.717) is 0 Å². The molecule has 0 saturated carbocycles. The Morgan fingerprint density at radius 3 is 2.52 bits per heavy atom. The topological polar surface area (TPSA) is 24.5 Å². The van der Waals surface area contributed by atoms with Crippen molar-refractivity contribution >= 4 is 27.3 Å². The molecule has 112 valence electrons.